The molecule has 2 aliphatic rings. The molecule has 0 spiro atoms. The lowest BCUT2D eigenvalue weighted by Crippen LogP contribution is -2.44. The Morgan fingerprint density at radius 2 is 1.83 bits per heavy atom. The topological polar surface area (TPSA) is 65.1 Å². The van der Waals surface area contributed by atoms with E-state index < -0.39 is 0 Å². The van der Waals surface area contributed by atoms with Gasteiger partial charge in [0, 0.05) is 20.1 Å². The molecule has 2 saturated heterocycles. The van der Waals surface area contributed by atoms with E-state index in [9.17, 15) is 9.59 Å². The molecule has 1 N–H and O–H groups in total. The highest BCUT2D eigenvalue weighted by molar-refractivity contribution is 6.33. The summed E-state index contributed by atoms with van der Waals surface area (Å²) >= 11 is 6.06. The highest BCUT2D eigenvalue weighted by Crippen LogP contribution is 2.22. The van der Waals surface area contributed by atoms with Crippen molar-refractivity contribution in [2.75, 3.05) is 71.4 Å². The van der Waals surface area contributed by atoms with Gasteiger partial charge in [-0.05, 0) is 56.9 Å². The summed E-state index contributed by atoms with van der Waals surface area (Å²) in [6, 6.07) is 7.07. The summed E-state index contributed by atoms with van der Waals surface area (Å²) < 4.78 is 5.41. The molecule has 0 aromatic heterocycles. The van der Waals surface area contributed by atoms with Crippen LogP contribution in [0.3, 0.4) is 0 Å². The van der Waals surface area contributed by atoms with E-state index in [2.05, 4.69) is 15.1 Å². The van der Waals surface area contributed by atoms with E-state index in [1.165, 1.54) is 11.3 Å². The zero-order valence-corrected chi connectivity index (χ0v) is 18.6. The maximum absolute atomic E-state index is 12.5. The Bertz CT molecular complexity index is 703. The van der Waals surface area contributed by atoms with Gasteiger partial charge in [0.25, 0.3) is 0 Å². The van der Waals surface area contributed by atoms with E-state index >= 15 is 0 Å². The second-order valence-corrected chi connectivity index (χ2v) is 8.65. The number of amides is 2. The van der Waals surface area contributed by atoms with Crippen LogP contribution in [-0.2, 0) is 14.3 Å². The Morgan fingerprint density at radius 3 is 2.53 bits per heavy atom. The maximum atomic E-state index is 12.5. The van der Waals surface area contributed by atoms with Crippen LogP contribution in [0, 0.1) is 5.92 Å². The number of hydrogen-bond acceptors (Lipinski definition) is 5. The molecule has 0 radical (unpaired) electrons. The van der Waals surface area contributed by atoms with E-state index in [1.807, 2.05) is 0 Å². The normalized spacial score (nSPS) is 18.9. The number of hydrogen-bond donors (Lipinski definition) is 1. The number of piperidine rings is 1. The fourth-order valence-corrected chi connectivity index (χ4v) is 4.17. The third-order valence-electron chi connectivity index (χ3n) is 5.98. The summed E-state index contributed by atoms with van der Waals surface area (Å²) in [5.41, 5.74) is 0.559. The molecule has 0 atom stereocenters. The van der Waals surface area contributed by atoms with E-state index in [-0.39, 0.29) is 18.4 Å². The summed E-state index contributed by atoms with van der Waals surface area (Å²) in [7, 11) is 1.67. The van der Waals surface area contributed by atoms with Crippen LogP contribution in [0.4, 0.5) is 5.69 Å². The van der Waals surface area contributed by atoms with Crippen LogP contribution >= 0.6 is 11.6 Å². The molecule has 166 valence electrons. The molecule has 1 aromatic carbocycles. The first-order chi connectivity index (χ1) is 14.5. The molecule has 0 aliphatic carbocycles. The number of carbonyl (C=O) groups is 2. The highest BCUT2D eigenvalue weighted by Gasteiger charge is 2.23. The summed E-state index contributed by atoms with van der Waals surface area (Å²) in [5, 5.41) is 3.24. The highest BCUT2D eigenvalue weighted by atomic mass is 35.5. The molecule has 2 amide bonds. The third kappa shape index (κ3) is 7.23. The van der Waals surface area contributed by atoms with E-state index in [0.717, 1.165) is 64.7 Å². The molecule has 0 bridgehead atoms. The average molecular weight is 437 g/mol. The van der Waals surface area contributed by atoms with Crippen molar-refractivity contribution in [2.24, 2.45) is 5.92 Å². The first-order valence-corrected chi connectivity index (χ1v) is 11.2. The Labute approximate surface area is 184 Å². The number of nitrogens with one attached hydrogen (secondary N) is 1. The zero-order valence-electron chi connectivity index (χ0n) is 17.8. The van der Waals surface area contributed by atoms with Crippen molar-refractivity contribution in [3.05, 3.63) is 29.3 Å². The predicted molar refractivity (Wildman–Crippen MR) is 119 cm³/mol. The molecule has 7 nitrogen and oxygen atoms in total. The summed E-state index contributed by atoms with van der Waals surface area (Å²) in [6.07, 6.45) is 3.49. The molecule has 30 heavy (non-hydrogen) atoms. The van der Waals surface area contributed by atoms with Gasteiger partial charge in [0.1, 0.15) is 0 Å². The molecular weight excluding hydrogens is 404 g/mol. The minimum Gasteiger partial charge on any atom is -0.379 e. The molecule has 1 aromatic rings. The number of nitrogens with zero attached hydrogens (tertiary/aromatic N) is 3. The van der Waals surface area contributed by atoms with Crippen molar-refractivity contribution in [3.63, 3.8) is 0 Å². The van der Waals surface area contributed by atoms with Crippen LogP contribution in [0.15, 0.2) is 24.3 Å². The maximum Gasteiger partial charge on any atom is 0.244 e. The quantitative estimate of drug-likeness (QED) is 0.676. The molecule has 2 heterocycles. The SMILES string of the molecule is CN(CC(=O)Nc1ccccc1Cl)C(=O)CN1CCC(CCN2CCOCC2)CC1. The van der Waals surface area contributed by atoms with E-state index in [4.69, 9.17) is 16.3 Å². The van der Waals surface area contributed by atoms with Crippen molar-refractivity contribution < 1.29 is 14.3 Å². The Hall–Kier alpha value is -1.67. The monoisotopic (exact) mass is 436 g/mol. The number of carbonyl (C=O) groups excluding carboxylic acids is 2. The molecule has 8 heteroatoms. The number of morpholine rings is 1. The third-order valence-corrected chi connectivity index (χ3v) is 6.31. The van der Waals surface area contributed by atoms with Crippen LogP contribution in [-0.4, -0.2) is 92.6 Å². The number of likely N-dealkylation sites (N-methyl/N-ethyl adjacent to an activating group) is 1. The standard InChI is InChI=1S/C22H33ClN4O3/c1-25(16-21(28)24-20-5-3-2-4-19(20)23)22(29)17-27-10-7-18(8-11-27)6-9-26-12-14-30-15-13-26/h2-5,18H,6-17H2,1H3,(H,24,28). The van der Waals surface area contributed by atoms with Gasteiger partial charge in [-0.2, -0.15) is 0 Å². The van der Waals surface area contributed by atoms with Gasteiger partial charge in [-0.1, -0.05) is 23.7 Å². The second-order valence-electron chi connectivity index (χ2n) is 8.24. The van der Waals surface area contributed by atoms with Crippen molar-refractivity contribution in [3.8, 4) is 0 Å². The average Bonchev–Trinajstić information content (AvgIpc) is 2.75. The first-order valence-electron chi connectivity index (χ1n) is 10.8. The fraction of sp³-hybridized carbons (Fsp3) is 0.636. The van der Waals surface area contributed by atoms with Gasteiger partial charge in [-0.3, -0.25) is 19.4 Å². The van der Waals surface area contributed by atoms with Crippen molar-refractivity contribution in [2.45, 2.75) is 19.3 Å². The number of halogens is 1. The number of ether oxygens (including phenoxy) is 1. The summed E-state index contributed by atoms with van der Waals surface area (Å²) in [6.45, 7) is 7.21. The lowest BCUT2D eigenvalue weighted by Gasteiger charge is -2.34. The number of para-hydroxylation sites is 1. The second kappa shape index (κ2) is 11.6. The van der Waals surface area contributed by atoms with Crippen molar-refractivity contribution in [1.29, 1.82) is 0 Å². The fourth-order valence-electron chi connectivity index (χ4n) is 3.99. The van der Waals surface area contributed by atoms with Gasteiger partial charge < -0.3 is 15.0 Å². The van der Waals surface area contributed by atoms with Crippen LogP contribution in [0.25, 0.3) is 0 Å². The molecule has 0 unspecified atom stereocenters. The summed E-state index contributed by atoms with van der Waals surface area (Å²) in [5.74, 6) is 0.454. The zero-order chi connectivity index (χ0) is 21.3. The Balaban J connectivity index is 1.33. The van der Waals surface area contributed by atoms with Gasteiger partial charge in [0.05, 0.1) is 37.0 Å². The number of likely N-dealkylation sites (tertiary alicyclic amines) is 1. The largest absolute Gasteiger partial charge is 0.379 e. The van der Waals surface area contributed by atoms with Crippen LogP contribution in [0.2, 0.25) is 5.02 Å². The van der Waals surface area contributed by atoms with Gasteiger partial charge >= 0.3 is 0 Å². The first kappa shape index (κ1) is 23.0. The van der Waals surface area contributed by atoms with E-state index in [1.54, 1.807) is 31.3 Å². The number of benzene rings is 1. The lowest BCUT2D eigenvalue weighted by atomic mass is 9.93. The minimum absolute atomic E-state index is 0.0140. The van der Waals surface area contributed by atoms with Gasteiger partial charge in [-0.25, -0.2) is 0 Å². The van der Waals surface area contributed by atoms with Crippen molar-refractivity contribution >= 4 is 29.1 Å². The van der Waals surface area contributed by atoms with Crippen LogP contribution in [0.1, 0.15) is 19.3 Å². The van der Waals surface area contributed by atoms with E-state index in [0.29, 0.717) is 17.3 Å². The number of anilines is 1. The van der Waals surface area contributed by atoms with Gasteiger partial charge in [0.15, 0.2) is 0 Å². The predicted octanol–water partition coefficient (Wildman–Crippen LogP) is 2.17. The molecule has 2 fully saturated rings. The van der Waals surface area contributed by atoms with Gasteiger partial charge in [-0.15, -0.1) is 0 Å². The molecular formula is C22H33ClN4O3. The molecule has 0 saturated carbocycles. The lowest BCUT2D eigenvalue weighted by molar-refractivity contribution is -0.134. The minimum atomic E-state index is -0.249. The smallest absolute Gasteiger partial charge is 0.244 e. The van der Waals surface area contributed by atoms with Crippen molar-refractivity contribution in [1.82, 2.24) is 14.7 Å². The van der Waals surface area contributed by atoms with Crippen LogP contribution in [0.5, 0.6) is 0 Å². The van der Waals surface area contributed by atoms with Crippen LogP contribution < -0.4 is 5.32 Å². The Morgan fingerprint density at radius 1 is 1.13 bits per heavy atom. The molecule has 2 aliphatic heterocycles. The Kier molecular flexibility index (Phi) is 8.93. The van der Waals surface area contributed by atoms with Gasteiger partial charge in [0.2, 0.25) is 11.8 Å². The summed E-state index contributed by atoms with van der Waals surface area (Å²) in [4.78, 5) is 30.9. The number of rotatable bonds is 8. The molecule has 3 rings (SSSR count).